The molecule has 5 fully saturated rings. The molecule has 0 bridgehead atoms. The summed E-state index contributed by atoms with van der Waals surface area (Å²) >= 11 is 0. The SMILES string of the molecule is COc1cc2cc(-c3ccc(OC(C)C)cc3)nc(O[C@@H]3C[C@H]4C(=O)N[C@]5(C(=O)NS(=O)(=O)C6(C)CC6)C[C@H]5/C=C\CC[C@@H](C)C[C@@H](C)[C@H](NC(=O)OC5CC6CC6C5)C(=O)N4C3)c2cc1F. The molecule has 360 valence electrons. The number of alkyl carbamates (subject to hydrolysis) is 1. The van der Waals surface area contributed by atoms with Crippen LogP contribution in [0.15, 0.2) is 54.6 Å². The van der Waals surface area contributed by atoms with Crippen LogP contribution in [-0.4, -0.2) is 96.5 Å². The van der Waals surface area contributed by atoms with Crippen molar-refractivity contribution in [2.75, 3.05) is 13.7 Å². The fraction of sp³-hybridized carbons (Fsp3) is 0.580. The van der Waals surface area contributed by atoms with E-state index in [0.717, 1.165) is 25.7 Å². The third kappa shape index (κ3) is 9.66. The molecule has 4 saturated carbocycles. The third-order valence-corrected chi connectivity index (χ3v) is 17.0. The number of hydrogen-bond donors (Lipinski definition) is 3. The van der Waals surface area contributed by atoms with Crippen LogP contribution in [0.3, 0.4) is 0 Å². The summed E-state index contributed by atoms with van der Waals surface area (Å²) in [5, 5.41) is 6.71. The number of benzene rings is 2. The number of ether oxygens (including phenoxy) is 4. The lowest BCUT2D eigenvalue weighted by Gasteiger charge is -2.33. The van der Waals surface area contributed by atoms with E-state index in [1.807, 2.05) is 57.2 Å². The second kappa shape index (κ2) is 17.9. The second-order valence-electron chi connectivity index (χ2n) is 20.5. The molecule has 4 aliphatic carbocycles. The van der Waals surface area contributed by atoms with Crippen LogP contribution in [0.4, 0.5) is 9.18 Å². The van der Waals surface area contributed by atoms with Crippen LogP contribution in [0.1, 0.15) is 98.8 Å². The van der Waals surface area contributed by atoms with Crippen LogP contribution in [0.25, 0.3) is 22.0 Å². The van der Waals surface area contributed by atoms with Crippen LogP contribution in [-0.2, 0) is 29.1 Å². The number of methoxy groups -OCH3 is 1. The summed E-state index contributed by atoms with van der Waals surface area (Å²) in [6.07, 6.45) is 7.54. The van der Waals surface area contributed by atoms with Crippen LogP contribution in [0.2, 0.25) is 0 Å². The van der Waals surface area contributed by atoms with Crippen molar-refractivity contribution in [2.24, 2.45) is 29.6 Å². The number of pyridine rings is 1. The average Bonchev–Trinajstić information content (AvgIpc) is 4.23. The summed E-state index contributed by atoms with van der Waals surface area (Å²) in [5.41, 5.74) is -0.386. The molecule has 2 unspecified atom stereocenters. The molecule has 17 heteroatoms. The highest BCUT2D eigenvalue weighted by atomic mass is 32.2. The van der Waals surface area contributed by atoms with E-state index in [1.165, 1.54) is 18.1 Å². The zero-order valence-electron chi connectivity index (χ0n) is 39.0. The smallest absolute Gasteiger partial charge is 0.408 e. The van der Waals surface area contributed by atoms with Crippen LogP contribution in [0, 0.1) is 35.4 Å². The number of nitrogens with zero attached hydrogens (tertiary/aromatic N) is 2. The summed E-state index contributed by atoms with van der Waals surface area (Å²) in [6.45, 7) is 9.29. The maximum Gasteiger partial charge on any atom is 0.408 e. The molecule has 15 nitrogen and oxygen atoms in total. The lowest BCUT2D eigenvalue weighted by Crippen LogP contribution is -2.59. The van der Waals surface area contributed by atoms with Crippen molar-refractivity contribution in [1.82, 2.24) is 25.2 Å². The van der Waals surface area contributed by atoms with Crippen molar-refractivity contribution in [2.45, 2.75) is 140 Å². The number of aromatic nitrogens is 1. The number of hydrogen-bond acceptors (Lipinski definition) is 11. The first kappa shape index (κ1) is 46.7. The third-order valence-electron chi connectivity index (χ3n) is 14.9. The van der Waals surface area contributed by atoms with E-state index in [4.69, 9.17) is 23.9 Å². The van der Waals surface area contributed by atoms with Gasteiger partial charge in [-0.25, -0.2) is 22.6 Å². The van der Waals surface area contributed by atoms with Crippen molar-refractivity contribution in [3.8, 4) is 28.6 Å². The lowest BCUT2D eigenvalue weighted by molar-refractivity contribution is -0.142. The Labute approximate surface area is 391 Å². The molecule has 0 spiro atoms. The van der Waals surface area contributed by atoms with Gasteiger partial charge in [0.25, 0.3) is 5.91 Å². The number of rotatable bonds is 11. The van der Waals surface area contributed by atoms with Crippen LogP contribution >= 0.6 is 0 Å². The van der Waals surface area contributed by atoms with Gasteiger partial charge in [-0.1, -0.05) is 26.0 Å². The minimum atomic E-state index is -4.06. The number of halogens is 1. The predicted molar refractivity (Wildman–Crippen MR) is 247 cm³/mol. The average molecular weight is 944 g/mol. The van der Waals surface area contributed by atoms with E-state index < -0.39 is 74.0 Å². The maximum absolute atomic E-state index is 15.5. The molecule has 6 aliphatic rings. The Morgan fingerprint density at radius 1 is 0.985 bits per heavy atom. The zero-order valence-corrected chi connectivity index (χ0v) is 39.8. The predicted octanol–water partition coefficient (Wildman–Crippen LogP) is 6.96. The molecule has 3 aromatic rings. The number of fused-ring (bicyclic) bond motifs is 4. The Balaban J connectivity index is 1.06. The quantitative estimate of drug-likeness (QED) is 0.168. The van der Waals surface area contributed by atoms with Gasteiger partial charge in [0.05, 0.1) is 30.2 Å². The topological polar surface area (TPSA) is 192 Å². The van der Waals surface area contributed by atoms with E-state index in [2.05, 4.69) is 22.3 Å². The fourth-order valence-corrected chi connectivity index (χ4v) is 11.7. The Kier molecular flexibility index (Phi) is 12.5. The largest absolute Gasteiger partial charge is 0.494 e. The lowest BCUT2D eigenvalue weighted by atomic mass is 9.88. The van der Waals surface area contributed by atoms with Gasteiger partial charge in [-0.05, 0) is 150 Å². The van der Waals surface area contributed by atoms with Gasteiger partial charge in [0.1, 0.15) is 35.6 Å². The standard InChI is InChI=1S/C50H62FN5O10S/c1-27(2)64-35-13-11-30(12-14-35)40-21-33-22-42(63-6)39(51)24-38(33)45(52-40)65-37-23-41-44(57)54-50(47(59)55-67(61,62)49(5)15-16-49)25-34(50)10-8-7-9-28(3)17-29(4)43(46(58)56(41)26-37)53-48(60)66-36-19-31-18-32(31)20-36/h8,10-14,21-22,24,27-29,31-32,34,36-37,41,43H,7,9,15-20,23,25-26H2,1-6H3,(H,53,60)(H,54,57)(H,55,59)/b10-8-/t28-,29-,31?,32?,34-,36?,37-,41+,43+,50-/m1/s1. The zero-order chi connectivity index (χ0) is 47.6. The van der Waals surface area contributed by atoms with Gasteiger partial charge < -0.3 is 34.5 Å². The first-order chi connectivity index (χ1) is 31.8. The molecular formula is C50H62FN5O10S. The highest BCUT2D eigenvalue weighted by Crippen LogP contribution is 2.53. The van der Waals surface area contributed by atoms with Gasteiger partial charge in [-0.2, -0.15) is 0 Å². The highest BCUT2D eigenvalue weighted by molar-refractivity contribution is 7.91. The number of carbonyl (C=O) groups excluding carboxylic acids is 4. The van der Waals surface area contributed by atoms with Gasteiger partial charge in [0.15, 0.2) is 11.6 Å². The molecular weight excluding hydrogens is 882 g/mol. The van der Waals surface area contributed by atoms with Gasteiger partial charge in [0, 0.05) is 23.3 Å². The van der Waals surface area contributed by atoms with Gasteiger partial charge in [-0.15, -0.1) is 0 Å². The minimum Gasteiger partial charge on any atom is -0.494 e. The molecule has 1 aromatic heterocycles. The molecule has 9 rings (SSSR count). The number of sulfonamides is 1. The Morgan fingerprint density at radius 3 is 2.40 bits per heavy atom. The number of carbonyl (C=O) groups is 4. The van der Waals surface area contributed by atoms with E-state index in [9.17, 15) is 22.8 Å². The van der Waals surface area contributed by atoms with Crippen molar-refractivity contribution in [3.63, 3.8) is 0 Å². The fourth-order valence-electron chi connectivity index (χ4n) is 10.4. The first-order valence-corrected chi connectivity index (χ1v) is 25.3. The van der Waals surface area contributed by atoms with Gasteiger partial charge >= 0.3 is 6.09 Å². The summed E-state index contributed by atoms with van der Waals surface area (Å²) in [7, 11) is -2.68. The number of allylic oxidation sites excluding steroid dienone is 1. The van der Waals surface area contributed by atoms with E-state index in [1.54, 1.807) is 19.1 Å². The molecule has 2 aromatic carbocycles. The Morgan fingerprint density at radius 2 is 1.72 bits per heavy atom. The van der Waals surface area contributed by atoms with E-state index >= 15 is 9.18 Å². The molecule has 2 aliphatic heterocycles. The Hall–Kier alpha value is -5.45. The molecule has 3 heterocycles. The van der Waals surface area contributed by atoms with E-state index in [0.29, 0.717) is 65.3 Å². The Bertz CT molecular complexity index is 2580. The van der Waals surface area contributed by atoms with E-state index in [-0.39, 0.29) is 55.1 Å². The summed E-state index contributed by atoms with van der Waals surface area (Å²) < 4.78 is 67.2. The monoisotopic (exact) mass is 943 g/mol. The highest BCUT2D eigenvalue weighted by Gasteiger charge is 2.63. The number of amides is 4. The number of nitrogens with one attached hydrogen (secondary N) is 3. The van der Waals surface area contributed by atoms with Gasteiger partial charge in [0.2, 0.25) is 27.7 Å². The molecule has 67 heavy (non-hydrogen) atoms. The van der Waals surface area contributed by atoms with Crippen molar-refractivity contribution >= 4 is 44.6 Å². The second-order valence-corrected chi connectivity index (χ2v) is 22.7. The molecule has 0 radical (unpaired) electrons. The summed E-state index contributed by atoms with van der Waals surface area (Å²) in [4.78, 5) is 64.1. The minimum absolute atomic E-state index is 0.0146. The molecule has 9 atom stereocenters. The van der Waals surface area contributed by atoms with Crippen LogP contribution in [0.5, 0.6) is 17.4 Å². The summed E-state index contributed by atoms with van der Waals surface area (Å²) in [5.74, 6) is -1.61. The van der Waals surface area contributed by atoms with Crippen molar-refractivity contribution in [3.05, 3.63) is 60.4 Å². The molecule has 1 saturated heterocycles. The normalized spacial score (nSPS) is 31.5. The summed E-state index contributed by atoms with van der Waals surface area (Å²) in [6, 6.07) is 9.64. The van der Waals surface area contributed by atoms with Gasteiger partial charge in [-0.3, -0.25) is 19.1 Å². The van der Waals surface area contributed by atoms with Crippen molar-refractivity contribution < 1.29 is 50.9 Å². The molecule has 4 amide bonds. The molecule has 3 N–H and O–H groups in total. The van der Waals surface area contributed by atoms with Crippen LogP contribution < -0.4 is 29.6 Å². The van der Waals surface area contributed by atoms with Crippen molar-refractivity contribution in [1.29, 1.82) is 0 Å². The first-order valence-electron chi connectivity index (χ1n) is 23.8. The maximum atomic E-state index is 15.5.